The Morgan fingerprint density at radius 3 is 2.45 bits per heavy atom. The Balaban J connectivity index is 1.82. The Labute approximate surface area is 186 Å². The van der Waals surface area contributed by atoms with E-state index in [1.165, 1.54) is 0 Å². The Morgan fingerprint density at radius 2 is 1.68 bits per heavy atom. The predicted molar refractivity (Wildman–Crippen MR) is 125 cm³/mol. The van der Waals surface area contributed by atoms with Crippen LogP contribution in [0.5, 0.6) is 0 Å². The highest BCUT2D eigenvalue weighted by atomic mass is 35.5. The van der Waals surface area contributed by atoms with Crippen molar-refractivity contribution in [1.29, 1.82) is 0 Å². The molecule has 0 unspecified atom stereocenters. The van der Waals surface area contributed by atoms with Crippen molar-refractivity contribution in [1.82, 2.24) is 14.8 Å². The number of anilines is 1. The van der Waals surface area contributed by atoms with Crippen LogP contribution in [0.1, 0.15) is 32.9 Å². The van der Waals surface area contributed by atoms with Gasteiger partial charge in [-0.2, -0.15) is 0 Å². The topological polar surface area (TPSA) is 59.8 Å². The maximum Gasteiger partial charge on any atom is 0.295 e. The molecule has 4 aromatic rings. The molecule has 0 aliphatic heterocycles. The Hall–Kier alpha value is -3.44. The molecule has 0 bridgehead atoms. The first-order valence-electron chi connectivity index (χ1n) is 10.0. The lowest BCUT2D eigenvalue weighted by Gasteiger charge is -2.10. The number of hydrogen-bond acceptors (Lipinski definition) is 3. The zero-order chi connectivity index (χ0) is 22.1. The SMILES string of the molecule is Cc1cccc(-c2nc(C(=O)Nc3cccc(C)c3C)nn2-c2cccc(Cl)c2C)c1. The first-order chi connectivity index (χ1) is 14.8. The number of aryl methyl sites for hydroxylation is 2. The first kappa shape index (κ1) is 20.8. The second-order valence-corrected chi connectivity index (χ2v) is 8.03. The van der Waals surface area contributed by atoms with Gasteiger partial charge in [0.25, 0.3) is 5.91 Å². The number of hydrogen-bond donors (Lipinski definition) is 1. The molecule has 1 aromatic heterocycles. The molecule has 4 rings (SSSR count). The monoisotopic (exact) mass is 430 g/mol. The molecule has 6 heteroatoms. The lowest BCUT2D eigenvalue weighted by molar-refractivity contribution is 0.101. The van der Waals surface area contributed by atoms with Gasteiger partial charge in [-0.15, -0.1) is 5.10 Å². The minimum atomic E-state index is -0.360. The molecule has 0 radical (unpaired) electrons. The van der Waals surface area contributed by atoms with Crippen molar-refractivity contribution in [2.45, 2.75) is 27.7 Å². The molecule has 0 fully saturated rings. The maximum atomic E-state index is 13.0. The summed E-state index contributed by atoms with van der Waals surface area (Å²) in [6.45, 7) is 7.93. The highest BCUT2D eigenvalue weighted by Gasteiger charge is 2.21. The number of aromatic nitrogens is 3. The quantitative estimate of drug-likeness (QED) is 0.427. The second kappa shape index (κ2) is 8.36. The second-order valence-electron chi connectivity index (χ2n) is 7.63. The zero-order valence-electron chi connectivity index (χ0n) is 17.9. The van der Waals surface area contributed by atoms with Crippen molar-refractivity contribution in [3.63, 3.8) is 0 Å². The van der Waals surface area contributed by atoms with Crippen LogP contribution in [0.15, 0.2) is 60.7 Å². The summed E-state index contributed by atoms with van der Waals surface area (Å²) in [6, 6.07) is 19.4. The molecule has 0 saturated carbocycles. The van der Waals surface area contributed by atoms with E-state index in [-0.39, 0.29) is 11.7 Å². The minimum absolute atomic E-state index is 0.0942. The molecule has 1 amide bonds. The lowest BCUT2D eigenvalue weighted by Crippen LogP contribution is -2.15. The molecular weight excluding hydrogens is 408 g/mol. The zero-order valence-corrected chi connectivity index (χ0v) is 18.7. The van der Waals surface area contributed by atoms with Gasteiger partial charge >= 0.3 is 0 Å². The number of benzene rings is 3. The van der Waals surface area contributed by atoms with E-state index in [4.69, 9.17) is 11.6 Å². The predicted octanol–water partition coefficient (Wildman–Crippen LogP) is 6.07. The Kier molecular flexibility index (Phi) is 5.61. The average molecular weight is 431 g/mol. The van der Waals surface area contributed by atoms with Gasteiger partial charge in [0.15, 0.2) is 5.82 Å². The Bertz CT molecular complexity index is 1290. The highest BCUT2D eigenvalue weighted by Crippen LogP contribution is 2.27. The fourth-order valence-corrected chi connectivity index (χ4v) is 3.61. The van der Waals surface area contributed by atoms with Crippen LogP contribution in [-0.4, -0.2) is 20.7 Å². The summed E-state index contributed by atoms with van der Waals surface area (Å²) in [5.74, 6) is 0.318. The van der Waals surface area contributed by atoms with Gasteiger partial charge in [-0.1, -0.05) is 53.6 Å². The van der Waals surface area contributed by atoms with Crippen LogP contribution in [0.4, 0.5) is 5.69 Å². The van der Waals surface area contributed by atoms with Gasteiger partial charge in [0, 0.05) is 16.3 Å². The smallest absolute Gasteiger partial charge is 0.295 e. The molecule has 5 nitrogen and oxygen atoms in total. The fourth-order valence-electron chi connectivity index (χ4n) is 3.44. The third-order valence-electron chi connectivity index (χ3n) is 5.41. The summed E-state index contributed by atoms with van der Waals surface area (Å²) in [5.41, 5.74) is 6.48. The van der Waals surface area contributed by atoms with E-state index in [9.17, 15) is 4.79 Å². The van der Waals surface area contributed by atoms with Crippen molar-refractivity contribution >= 4 is 23.2 Å². The Morgan fingerprint density at radius 1 is 0.935 bits per heavy atom. The number of nitrogens with one attached hydrogen (secondary N) is 1. The summed E-state index contributed by atoms with van der Waals surface area (Å²) in [6.07, 6.45) is 0. The summed E-state index contributed by atoms with van der Waals surface area (Å²) in [5, 5.41) is 8.15. The lowest BCUT2D eigenvalue weighted by atomic mass is 10.1. The molecule has 1 N–H and O–H groups in total. The van der Waals surface area contributed by atoms with Crippen molar-refractivity contribution in [3.8, 4) is 17.1 Å². The number of amides is 1. The van der Waals surface area contributed by atoms with Gasteiger partial charge in [-0.05, 0) is 68.7 Å². The van der Waals surface area contributed by atoms with Crippen LogP contribution in [0.3, 0.4) is 0 Å². The molecule has 0 saturated heterocycles. The van der Waals surface area contributed by atoms with Crippen LogP contribution >= 0.6 is 11.6 Å². The van der Waals surface area contributed by atoms with Gasteiger partial charge in [0.05, 0.1) is 5.69 Å². The maximum absolute atomic E-state index is 13.0. The number of carbonyl (C=O) groups is 1. The normalized spacial score (nSPS) is 10.9. The highest BCUT2D eigenvalue weighted by molar-refractivity contribution is 6.31. The summed E-state index contributed by atoms with van der Waals surface area (Å²) >= 11 is 6.36. The van der Waals surface area contributed by atoms with E-state index < -0.39 is 0 Å². The van der Waals surface area contributed by atoms with Crippen LogP contribution in [0.25, 0.3) is 17.1 Å². The van der Waals surface area contributed by atoms with Crippen LogP contribution in [-0.2, 0) is 0 Å². The standard InChI is InChI=1S/C25H23ClN4O/c1-15-8-5-10-19(14-15)24-28-23(25(31)27-21-12-6-9-16(2)17(21)3)29-30(24)22-13-7-11-20(26)18(22)4/h5-14H,1-4H3,(H,27,31). The van der Waals surface area contributed by atoms with Crippen LogP contribution < -0.4 is 5.32 Å². The molecule has 156 valence electrons. The van der Waals surface area contributed by atoms with Crippen LogP contribution in [0.2, 0.25) is 5.02 Å². The van der Waals surface area contributed by atoms with E-state index in [1.54, 1.807) is 4.68 Å². The molecular formula is C25H23ClN4O. The molecule has 1 heterocycles. The van der Waals surface area contributed by atoms with E-state index in [2.05, 4.69) is 15.4 Å². The van der Waals surface area contributed by atoms with E-state index in [0.29, 0.717) is 10.8 Å². The van der Waals surface area contributed by atoms with Gasteiger partial charge in [0.1, 0.15) is 0 Å². The average Bonchev–Trinajstić information content (AvgIpc) is 3.19. The number of nitrogens with zero attached hydrogens (tertiary/aromatic N) is 3. The largest absolute Gasteiger partial charge is 0.319 e. The van der Waals surface area contributed by atoms with E-state index >= 15 is 0 Å². The van der Waals surface area contributed by atoms with Crippen molar-refractivity contribution in [2.24, 2.45) is 0 Å². The van der Waals surface area contributed by atoms with Gasteiger partial charge in [-0.3, -0.25) is 4.79 Å². The minimum Gasteiger partial charge on any atom is -0.319 e. The number of rotatable bonds is 4. The molecule has 0 aliphatic carbocycles. The van der Waals surface area contributed by atoms with E-state index in [0.717, 1.165) is 39.2 Å². The van der Waals surface area contributed by atoms with Gasteiger partial charge in [0.2, 0.25) is 5.82 Å². The summed E-state index contributed by atoms with van der Waals surface area (Å²) in [7, 11) is 0. The first-order valence-corrected chi connectivity index (χ1v) is 10.4. The van der Waals surface area contributed by atoms with E-state index in [1.807, 2.05) is 88.4 Å². The summed E-state index contributed by atoms with van der Waals surface area (Å²) in [4.78, 5) is 17.7. The number of carbonyl (C=O) groups excluding carboxylic acids is 1. The molecule has 0 aliphatic rings. The van der Waals surface area contributed by atoms with Gasteiger partial charge in [-0.25, -0.2) is 9.67 Å². The van der Waals surface area contributed by atoms with Crippen molar-refractivity contribution < 1.29 is 4.79 Å². The summed E-state index contributed by atoms with van der Waals surface area (Å²) < 4.78 is 1.69. The third-order valence-corrected chi connectivity index (χ3v) is 5.82. The van der Waals surface area contributed by atoms with Crippen molar-refractivity contribution in [2.75, 3.05) is 5.32 Å². The third kappa shape index (κ3) is 4.09. The molecule has 0 atom stereocenters. The van der Waals surface area contributed by atoms with Crippen molar-refractivity contribution in [3.05, 3.63) is 93.8 Å². The fraction of sp³-hybridized carbons (Fsp3) is 0.160. The molecule has 3 aromatic carbocycles. The van der Waals surface area contributed by atoms with Gasteiger partial charge < -0.3 is 5.32 Å². The van der Waals surface area contributed by atoms with Crippen LogP contribution in [0, 0.1) is 27.7 Å². The molecule has 0 spiro atoms. The number of halogens is 1. The molecule has 31 heavy (non-hydrogen) atoms.